The Morgan fingerprint density at radius 2 is 2.00 bits per heavy atom. The molecule has 146 valence electrons. The second-order valence-corrected chi connectivity index (χ2v) is 7.77. The molecule has 2 aromatic heterocycles. The molecule has 1 amide bonds. The second-order valence-electron chi connectivity index (χ2n) is 7.02. The third-order valence-electron chi connectivity index (χ3n) is 4.81. The van der Waals surface area contributed by atoms with Crippen molar-refractivity contribution in [3.05, 3.63) is 36.0 Å². The molecule has 0 bridgehead atoms. The number of rotatable bonds is 4. The van der Waals surface area contributed by atoms with Crippen molar-refractivity contribution in [3.63, 3.8) is 0 Å². The lowest BCUT2D eigenvalue weighted by molar-refractivity contribution is -0.00494. The number of aromatic nitrogens is 2. The number of hydrogen-bond acceptors (Lipinski definition) is 7. The Labute approximate surface area is 167 Å². The van der Waals surface area contributed by atoms with Crippen LogP contribution < -0.4 is 15.4 Å². The van der Waals surface area contributed by atoms with Gasteiger partial charge in [0.25, 0.3) is 5.91 Å². The zero-order valence-corrected chi connectivity index (χ0v) is 16.8. The van der Waals surface area contributed by atoms with Crippen LogP contribution in [0.25, 0.3) is 22.2 Å². The summed E-state index contributed by atoms with van der Waals surface area (Å²) in [5.74, 6) is -0.0737. The predicted octanol–water partition coefficient (Wildman–Crippen LogP) is 3.08. The molecule has 1 aromatic carbocycles. The van der Waals surface area contributed by atoms with Gasteiger partial charge >= 0.3 is 0 Å². The number of methoxy groups -OCH3 is 1. The highest BCUT2D eigenvalue weighted by molar-refractivity contribution is 7.11. The van der Waals surface area contributed by atoms with Crippen LogP contribution in [0.3, 0.4) is 0 Å². The van der Waals surface area contributed by atoms with Crippen LogP contribution in [0.1, 0.15) is 24.2 Å². The molecule has 1 fully saturated rings. The van der Waals surface area contributed by atoms with E-state index in [0.29, 0.717) is 11.3 Å². The third-order valence-corrected chi connectivity index (χ3v) is 5.72. The highest BCUT2D eigenvalue weighted by atomic mass is 32.1. The van der Waals surface area contributed by atoms with E-state index in [2.05, 4.69) is 28.1 Å². The van der Waals surface area contributed by atoms with E-state index in [4.69, 9.17) is 15.2 Å². The van der Waals surface area contributed by atoms with E-state index >= 15 is 0 Å². The van der Waals surface area contributed by atoms with E-state index in [1.54, 1.807) is 12.1 Å². The molecule has 0 saturated carbocycles. The molecule has 8 heteroatoms. The van der Waals surface area contributed by atoms with Gasteiger partial charge in [-0.15, -0.1) is 0 Å². The van der Waals surface area contributed by atoms with Gasteiger partial charge in [-0.05, 0) is 49.1 Å². The summed E-state index contributed by atoms with van der Waals surface area (Å²) in [4.78, 5) is 18.5. The molecule has 0 aliphatic carbocycles. The molecular formula is C20H22N4O3S. The predicted molar refractivity (Wildman–Crippen MR) is 110 cm³/mol. The summed E-state index contributed by atoms with van der Waals surface area (Å²) in [6, 6.07) is 7.31. The summed E-state index contributed by atoms with van der Waals surface area (Å²) >= 11 is 1.46. The van der Waals surface area contributed by atoms with Gasteiger partial charge in [0.05, 0.1) is 24.9 Å². The van der Waals surface area contributed by atoms with Crippen LogP contribution in [0.5, 0.6) is 5.75 Å². The number of hydrogen-bond donors (Lipinski definition) is 1. The van der Waals surface area contributed by atoms with Crippen molar-refractivity contribution in [2.75, 3.05) is 25.1 Å². The maximum atomic E-state index is 11.5. The highest BCUT2D eigenvalue weighted by Gasteiger charge is 2.25. The molecule has 3 aromatic rings. The largest absolute Gasteiger partial charge is 0.496 e. The number of amides is 1. The van der Waals surface area contributed by atoms with Crippen LogP contribution in [0.4, 0.5) is 5.00 Å². The molecule has 0 radical (unpaired) electrons. The molecule has 2 N–H and O–H groups in total. The van der Waals surface area contributed by atoms with Gasteiger partial charge in [-0.3, -0.25) is 9.78 Å². The number of benzene rings is 1. The van der Waals surface area contributed by atoms with Crippen molar-refractivity contribution < 1.29 is 14.3 Å². The molecule has 1 saturated heterocycles. The smallest absolute Gasteiger partial charge is 0.252 e. The molecule has 3 heterocycles. The molecule has 0 spiro atoms. The first-order valence-electron chi connectivity index (χ1n) is 9.10. The minimum absolute atomic E-state index is 0.177. The van der Waals surface area contributed by atoms with Crippen molar-refractivity contribution >= 4 is 33.5 Å². The molecular weight excluding hydrogens is 376 g/mol. The lowest BCUT2D eigenvalue weighted by Crippen LogP contribution is -2.45. The Morgan fingerprint density at radius 1 is 1.25 bits per heavy atom. The number of carbonyl (C=O) groups excluding carboxylic acids is 1. The van der Waals surface area contributed by atoms with Crippen molar-refractivity contribution in [1.82, 2.24) is 9.36 Å². The Kier molecular flexibility index (Phi) is 4.91. The van der Waals surface area contributed by atoms with Crippen LogP contribution in [0.2, 0.25) is 0 Å². The number of nitrogens with two attached hydrogens (primary N) is 1. The molecule has 0 unspecified atom stereocenters. The fraction of sp³-hybridized carbons (Fsp3) is 0.350. The maximum absolute atomic E-state index is 11.5. The number of primary amides is 1. The maximum Gasteiger partial charge on any atom is 0.252 e. The van der Waals surface area contributed by atoms with E-state index in [9.17, 15) is 4.79 Å². The monoisotopic (exact) mass is 398 g/mol. The first-order chi connectivity index (χ1) is 13.5. The van der Waals surface area contributed by atoms with Crippen LogP contribution in [0.15, 0.2) is 30.5 Å². The average molecular weight is 398 g/mol. The Hall–Kier alpha value is -2.71. The van der Waals surface area contributed by atoms with E-state index in [-0.39, 0.29) is 12.2 Å². The van der Waals surface area contributed by atoms with Gasteiger partial charge in [0, 0.05) is 24.8 Å². The molecule has 1 aliphatic rings. The lowest BCUT2D eigenvalue weighted by Gasteiger charge is -2.35. The zero-order chi connectivity index (χ0) is 19.8. The third kappa shape index (κ3) is 3.41. The number of fused-ring (bicyclic) bond motifs is 1. The molecule has 7 nitrogen and oxygen atoms in total. The summed E-state index contributed by atoms with van der Waals surface area (Å²) in [5.41, 5.74) is 9.29. The van der Waals surface area contributed by atoms with Crippen LogP contribution >= 0.6 is 11.5 Å². The number of ether oxygens (including phenoxy) is 2. The number of pyridine rings is 1. The normalized spacial score (nSPS) is 19.8. The number of nitrogens with zero attached hydrogens (tertiary/aromatic N) is 3. The summed E-state index contributed by atoms with van der Waals surface area (Å²) in [7, 11) is 1.52. The second kappa shape index (κ2) is 7.37. The number of morpholine rings is 1. The first kappa shape index (κ1) is 18.6. The molecule has 1 aliphatic heterocycles. The average Bonchev–Trinajstić information content (AvgIpc) is 3.09. The summed E-state index contributed by atoms with van der Waals surface area (Å²) in [6.45, 7) is 5.83. The van der Waals surface area contributed by atoms with E-state index in [1.165, 1.54) is 18.6 Å². The van der Waals surface area contributed by atoms with Gasteiger partial charge in [0.1, 0.15) is 21.8 Å². The van der Waals surface area contributed by atoms with E-state index in [0.717, 1.165) is 40.3 Å². The van der Waals surface area contributed by atoms with Crippen molar-refractivity contribution in [2.45, 2.75) is 26.1 Å². The SMILES string of the molecule is COc1cc(-c2cnc3c(N4C[C@@H](C)O[C@@H](C)C4)snc3c2)ccc1C(N)=O. The summed E-state index contributed by atoms with van der Waals surface area (Å²) < 4.78 is 15.7. The Morgan fingerprint density at radius 3 is 2.68 bits per heavy atom. The van der Waals surface area contributed by atoms with E-state index < -0.39 is 5.91 Å². The standard InChI is InChI=1S/C20H22N4O3S/c1-11-9-24(10-12(2)27-11)20-18-16(23-28-20)6-14(8-22-18)13-4-5-15(19(21)25)17(7-13)26-3/h4-8,11-12H,9-10H2,1-3H3,(H2,21,25)/t11-,12+. The minimum atomic E-state index is -0.518. The Bertz CT molecular complexity index is 1030. The fourth-order valence-electron chi connectivity index (χ4n) is 3.61. The zero-order valence-electron chi connectivity index (χ0n) is 16.0. The van der Waals surface area contributed by atoms with Crippen molar-refractivity contribution in [1.29, 1.82) is 0 Å². The van der Waals surface area contributed by atoms with Crippen molar-refractivity contribution in [3.8, 4) is 16.9 Å². The quantitative estimate of drug-likeness (QED) is 0.726. The minimum Gasteiger partial charge on any atom is -0.496 e. The summed E-state index contributed by atoms with van der Waals surface area (Å²) in [6.07, 6.45) is 2.18. The van der Waals surface area contributed by atoms with E-state index in [1.807, 2.05) is 18.3 Å². The van der Waals surface area contributed by atoms with Crippen LogP contribution in [-0.2, 0) is 4.74 Å². The highest BCUT2D eigenvalue weighted by Crippen LogP contribution is 2.34. The molecule has 2 atom stereocenters. The molecule has 28 heavy (non-hydrogen) atoms. The lowest BCUT2D eigenvalue weighted by atomic mass is 10.0. The van der Waals surface area contributed by atoms with Gasteiger partial charge in [-0.1, -0.05) is 6.07 Å². The number of anilines is 1. The Balaban J connectivity index is 1.69. The van der Waals surface area contributed by atoms with Crippen molar-refractivity contribution in [2.24, 2.45) is 5.73 Å². The van der Waals surface area contributed by atoms with Gasteiger partial charge in [0.2, 0.25) is 0 Å². The first-order valence-corrected chi connectivity index (χ1v) is 9.87. The van der Waals surface area contributed by atoms with Crippen LogP contribution in [0, 0.1) is 0 Å². The summed E-state index contributed by atoms with van der Waals surface area (Å²) in [5, 5.41) is 1.07. The van der Waals surface area contributed by atoms with Gasteiger partial charge in [0.15, 0.2) is 0 Å². The van der Waals surface area contributed by atoms with Crippen LogP contribution in [-0.4, -0.2) is 47.7 Å². The van der Waals surface area contributed by atoms with Gasteiger partial charge in [-0.25, -0.2) is 0 Å². The van der Waals surface area contributed by atoms with Gasteiger partial charge < -0.3 is 20.1 Å². The van der Waals surface area contributed by atoms with Gasteiger partial charge in [-0.2, -0.15) is 4.37 Å². The fourth-order valence-corrected chi connectivity index (χ4v) is 4.44. The topological polar surface area (TPSA) is 90.6 Å². The number of carbonyl (C=O) groups is 1. The molecule has 4 rings (SSSR count).